The molecule has 0 radical (unpaired) electrons. The standard InChI is InChI=1S/C21H28N4O4S/c1-4-29-21(27)17-13(2)16-18(22-14(3)23-19(16)30-17)25-7-5-6-15(12-25)20(26)24-8-10-28-11-9-24/h15H,4-12H2,1-3H3. The van der Waals surface area contributed by atoms with E-state index in [4.69, 9.17) is 14.5 Å². The SMILES string of the molecule is CCOC(=O)c1sc2nc(C)nc(N3CCCC(C(=O)N4CCOCC4)C3)c2c1C. The molecule has 9 heteroatoms. The molecular formula is C21H28N4O4S. The largest absolute Gasteiger partial charge is 0.462 e. The zero-order valence-electron chi connectivity index (χ0n) is 17.8. The first kappa shape index (κ1) is 21.0. The van der Waals surface area contributed by atoms with Crippen LogP contribution in [-0.2, 0) is 14.3 Å². The molecule has 8 nitrogen and oxygen atoms in total. The highest BCUT2D eigenvalue weighted by molar-refractivity contribution is 7.20. The fourth-order valence-electron chi connectivity index (χ4n) is 4.25. The van der Waals surface area contributed by atoms with Crippen LogP contribution < -0.4 is 4.90 Å². The molecule has 2 fully saturated rings. The number of aryl methyl sites for hydroxylation is 2. The molecule has 1 unspecified atom stereocenters. The number of hydrogen-bond acceptors (Lipinski definition) is 8. The second-order valence-corrected chi connectivity index (χ2v) is 8.77. The number of aromatic nitrogens is 2. The number of carbonyl (C=O) groups is 2. The third-order valence-corrected chi connectivity index (χ3v) is 6.90. The van der Waals surface area contributed by atoms with Crippen LogP contribution in [0.1, 0.15) is 40.8 Å². The van der Waals surface area contributed by atoms with Gasteiger partial charge in [-0.1, -0.05) is 0 Å². The Hall–Kier alpha value is -2.26. The Labute approximate surface area is 180 Å². The van der Waals surface area contributed by atoms with Gasteiger partial charge in [0.05, 0.1) is 31.1 Å². The van der Waals surface area contributed by atoms with Gasteiger partial charge in [0.1, 0.15) is 21.3 Å². The predicted molar refractivity (Wildman–Crippen MR) is 115 cm³/mol. The van der Waals surface area contributed by atoms with Crippen molar-refractivity contribution in [3.63, 3.8) is 0 Å². The summed E-state index contributed by atoms with van der Waals surface area (Å²) in [5.41, 5.74) is 0.852. The molecule has 0 N–H and O–H groups in total. The normalized spacial score (nSPS) is 19.9. The maximum absolute atomic E-state index is 13.0. The highest BCUT2D eigenvalue weighted by Gasteiger charge is 2.32. The molecule has 0 bridgehead atoms. The van der Waals surface area contributed by atoms with Gasteiger partial charge in [-0.3, -0.25) is 4.79 Å². The van der Waals surface area contributed by atoms with Gasteiger partial charge in [0.15, 0.2) is 0 Å². The van der Waals surface area contributed by atoms with Crippen LogP contribution in [0.3, 0.4) is 0 Å². The van der Waals surface area contributed by atoms with Crippen molar-refractivity contribution < 1.29 is 19.1 Å². The number of rotatable bonds is 4. The van der Waals surface area contributed by atoms with Gasteiger partial charge in [-0.2, -0.15) is 0 Å². The molecule has 0 spiro atoms. The van der Waals surface area contributed by atoms with Crippen molar-refractivity contribution in [2.45, 2.75) is 33.6 Å². The minimum atomic E-state index is -0.319. The number of esters is 1. The van der Waals surface area contributed by atoms with Gasteiger partial charge in [-0.05, 0) is 39.2 Å². The van der Waals surface area contributed by atoms with Crippen LogP contribution in [0.15, 0.2) is 0 Å². The number of fused-ring (bicyclic) bond motifs is 1. The minimum Gasteiger partial charge on any atom is -0.462 e. The fraction of sp³-hybridized carbons (Fsp3) is 0.619. The lowest BCUT2D eigenvalue weighted by atomic mass is 9.96. The molecule has 4 heterocycles. The van der Waals surface area contributed by atoms with Crippen LogP contribution in [0.25, 0.3) is 10.2 Å². The summed E-state index contributed by atoms with van der Waals surface area (Å²) in [5, 5.41) is 0.896. The Morgan fingerprint density at radius 2 is 1.97 bits per heavy atom. The summed E-state index contributed by atoms with van der Waals surface area (Å²) < 4.78 is 10.6. The van der Waals surface area contributed by atoms with Crippen LogP contribution in [0.5, 0.6) is 0 Å². The number of nitrogens with zero attached hydrogens (tertiary/aromatic N) is 4. The molecule has 2 aliphatic rings. The summed E-state index contributed by atoms with van der Waals surface area (Å²) in [6.07, 6.45) is 1.82. The van der Waals surface area contributed by atoms with Gasteiger partial charge in [-0.25, -0.2) is 14.8 Å². The summed E-state index contributed by atoms with van der Waals surface area (Å²) in [7, 11) is 0. The Balaban J connectivity index is 1.64. The highest BCUT2D eigenvalue weighted by Crippen LogP contribution is 2.37. The van der Waals surface area contributed by atoms with E-state index in [1.165, 1.54) is 11.3 Å². The lowest BCUT2D eigenvalue weighted by molar-refractivity contribution is -0.139. The second-order valence-electron chi connectivity index (χ2n) is 7.77. The van der Waals surface area contributed by atoms with Crippen molar-refractivity contribution in [2.24, 2.45) is 5.92 Å². The second kappa shape index (κ2) is 8.85. The molecule has 0 saturated carbocycles. The molecule has 2 saturated heterocycles. The molecule has 2 aromatic heterocycles. The van der Waals surface area contributed by atoms with E-state index < -0.39 is 0 Å². The average Bonchev–Trinajstić information content (AvgIpc) is 3.09. The van der Waals surface area contributed by atoms with Crippen LogP contribution in [0.4, 0.5) is 5.82 Å². The molecule has 162 valence electrons. The maximum Gasteiger partial charge on any atom is 0.348 e. The molecular weight excluding hydrogens is 404 g/mol. The van der Waals surface area contributed by atoms with E-state index in [-0.39, 0.29) is 17.8 Å². The number of amides is 1. The number of hydrogen-bond donors (Lipinski definition) is 0. The van der Waals surface area contributed by atoms with Crippen molar-refractivity contribution in [3.8, 4) is 0 Å². The summed E-state index contributed by atoms with van der Waals surface area (Å²) in [5.74, 6) is 1.32. The van der Waals surface area contributed by atoms with E-state index >= 15 is 0 Å². The Morgan fingerprint density at radius 3 is 2.70 bits per heavy atom. The first-order valence-corrected chi connectivity index (χ1v) is 11.4. The molecule has 0 aromatic carbocycles. The van der Waals surface area contributed by atoms with E-state index in [2.05, 4.69) is 9.88 Å². The first-order valence-electron chi connectivity index (χ1n) is 10.6. The third-order valence-electron chi connectivity index (χ3n) is 5.74. The van der Waals surface area contributed by atoms with Crippen molar-refractivity contribution in [3.05, 3.63) is 16.3 Å². The lowest BCUT2D eigenvalue weighted by Crippen LogP contribution is -2.48. The van der Waals surface area contributed by atoms with Crippen molar-refractivity contribution in [1.29, 1.82) is 0 Å². The highest BCUT2D eigenvalue weighted by atomic mass is 32.1. The molecule has 4 rings (SSSR count). The van der Waals surface area contributed by atoms with Crippen LogP contribution in [0.2, 0.25) is 0 Å². The Bertz CT molecular complexity index is 954. The van der Waals surface area contributed by atoms with Crippen molar-refractivity contribution in [2.75, 3.05) is 50.9 Å². The van der Waals surface area contributed by atoms with Gasteiger partial charge in [0.2, 0.25) is 5.91 Å². The van der Waals surface area contributed by atoms with Gasteiger partial charge in [-0.15, -0.1) is 11.3 Å². The minimum absolute atomic E-state index is 0.0503. The van der Waals surface area contributed by atoms with E-state index in [0.29, 0.717) is 50.2 Å². The molecule has 1 atom stereocenters. The monoisotopic (exact) mass is 432 g/mol. The topological polar surface area (TPSA) is 84.9 Å². The summed E-state index contributed by atoms with van der Waals surface area (Å²) in [4.78, 5) is 40.2. The lowest BCUT2D eigenvalue weighted by Gasteiger charge is -2.37. The van der Waals surface area contributed by atoms with Gasteiger partial charge < -0.3 is 19.3 Å². The van der Waals surface area contributed by atoms with Crippen LogP contribution in [0, 0.1) is 19.8 Å². The van der Waals surface area contributed by atoms with E-state index in [1.807, 2.05) is 18.7 Å². The number of thiophene rings is 1. The summed E-state index contributed by atoms with van der Waals surface area (Å²) in [6, 6.07) is 0. The smallest absolute Gasteiger partial charge is 0.348 e. The Kier molecular flexibility index (Phi) is 6.19. The number of ether oxygens (including phenoxy) is 2. The van der Waals surface area contributed by atoms with E-state index in [0.717, 1.165) is 41.0 Å². The number of piperidine rings is 1. The van der Waals surface area contributed by atoms with Crippen LogP contribution in [-0.4, -0.2) is 72.7 Å². The van der Waals surface area contributed by atoms with Gasteiger partial charge in [0, 0.05) is 26.2 Å². The van der Waals surface area contributed by atoms with Crippen molar-refractivity contribution in [1.82, 2.24) is 14.9 Å². The molecule has 1 amide bonds. The number of carbonyl (C=O) groups excluding carboxylic acids is 2. The van der Waals surface area contributed by atoms with E-state index in [9.17, 15) is 9.59 Å². The van der Waals surface area contributed by atoms with Crippen LogP contribution >= 0.6 is 11.3 Å². The summed E-state index contributed by atoms with van der Waals surface area (Å²) >= 11 is 1.35. The Morgan fingerprint density at radius 1 is 1.20 bits per heavy atom. The number of morpholine rings is 1. The predicted octanol–water partition coefficient (Wildman–Crippen LogP) is 2.56. The molecule has 2 aliphatic heterocycles. The molecule has 0 aliphatic carbocycles. The molecule has 2 aromatic rings. The zero-order chi connectivity index (χ0) is 21.3. The van der Waals surface area contributed by atoms with Gasteiger partial charge >= 0.3 is 5.97 Å². The average molecular weight is 433 g/mol. The van der Waals surface area contributed by atoms with Gasteiger partial charge in [0.25, 0.3) is 0 Å². The third kappa shape index (κ3) is 4.00. The van der Waals surface area contributed by atoms with E-state index in [1.54, 1.807) is 6.92 Å². The molecule has 30 heavy (non-hydrogen) atoms. The first-order chi connectivity index (χ1) is 14.5. The quantitative estimate of drug-likeness (QED) is 0.687. The van der Waals surface area contributed by atoms with Crippen molar-refractivity contribution >= 4 is 39.2 Å². The fourth-order valence-corrected chi connectivity index (χ4v) is 5.37. The maximum atomic E-state index is 13.0. The summed E-state index contributed by atoms with van der Waals surface area (Å²) in [6.45, 7) is 9.94. The number of anilines is 1. The zero-order valence-corrected chi connectivity index (χ0v) is 18.6.